The molecule has 1 N–H and O–H groups in total. The molecule has 4 heteroatoms. The number of aromatic amines is 1. The summed E-state index contributed by atoms with van der Waals surface area (Å²) in [5, 5.41) is 0. The van der Waals surface area contributed by atoms with Crippen molar-refractivity contribution in [2.75, 3.05) is 6.61 Å². The van der Waals surface area contributed by atoms with Crippen molar-refractivity contribution in [2.24, 2.45) is 0 Å². The molecule has 2 aliphatic rings. The van der Waals surface area contributed by atoms with Crippen LogP contribution < -0.4 is 0 Å². The van der Waals surface area contributed by atoms with Crippen molar-refractivity contribution in [2.45, 2.75) is 69.8 Å². The Morgan fingerprint density at radius 2 is 2.00 bits per heavy atom. The van der Waals surface area contributed by atoms with Crippen LogP contribution in [0.25, 0.3) is 0 Å². The van der Waals surface area contributed by atoms with Gasteiger partial charge in [-0.05, 0) is 57.4 Å². The van der Waals surface area contributed by atoms with Gasteiger partial charge in [-0.1, -0.05) is 25.1 Å². The van der Waals surface area contributed by atoms with Crippen LogP contribution in [0.5, 0.6) is 0 Å². The quantitative estimate of drug-likeness (QED) is 0.824. The van der Waals surface area contributed by atoms with Crippen LogP contribution in [0.15, 0.2) is 6.07 Å². The van der Waals surface area contributed by atoms with Gasteiger partial charge in [0.25, 0.3) is 0 Å². The van der Waals surface area contributed by atoms with Gasteiger partial charge in [-0.25, -0.2) is 4.98 Å². The molecule has 0 spiro atoms. The Hall–Kier alpha value is -0.740. The van der Waals surface area contributed by atoms with Gasteiger partial charge < -0.3 is 9.72 Å². The molecule has 20 heavy (non-hydrogen) atoms. The maximum atomic E-state index is 6.11. The highest BCUT2D eigenvalue weighted by Crippen LogP contribution is 2.41. The maximum absolute atomic E-state index is 6.11. The zero-order valence-corrected chi connectivity index (χ0v) is 13.1. The zero-order valence-electron chi connectivity index (χ0n) is 12.3. The first-order valence-corrected chi connectivity index (χ1v) is 8.40. The number of H-pyrrole nitrogens is 1. The molecule has 0 aliphatic heterocycles. The third kappa shape index (κ3) is 2.68. The number of ether oxygens (including phenoxy) is 1. The molecule has 110 valence electrons. The molecule has 0 saturated heterocycles. The number of nitrogens with zero attached hydrogens (tertiary/aromatic N) is 1. The minimum atomic E-state index is -0.211. The van der Waals surface area contributed by atoms with Crippen LogP contribution in [-0.4, -0.2) is 16.6 Å². The van der Waals surface area contributed by atoms with Gasteiger partial charge in [0.1, 0.15) is 16.1 Å². The van der Waals surface area contributed by atoms with Gasteiger partial charge in [0, 0.05) is 12.3 Å². The summed E-state index contributed by atoms with van der Waals surface area (Å²) < 4.78 is 6.82. The Bertz CT molecular complexity index is 513. The highest BCUT2D eigenvalue weighted by atomic mass is 32.1. The first-order valence-electron chi connectivity index (χ1n) is 7.99. The van der Waals surface area contributed by atoms with Crippen molar-refractivity contribution in [3.05, 3.63) is 22.2 Å². The molecule has 1 aromatic heterocycles. The van der Waals surface area contributed by atoms with E-state index in [0.717, 1.165) is 25.3 Å². The molecule has 3 rings (SSSR count). The minimum Gasteiger partial charge on any atom is -0.367 e. The van der Waals surface area contributed by atoms with Crippen LogP contribution in [0, 0.1) is 4.64 Å². The lowest BCUT2D eigenvalue weighted by molar-refractivity contribution is -0.0459. The molecule has 0 aromatic carbocycles. The Labute approximate surface area is 126 Å². The van der Waals surface area contributed by atoms with Gasteiger partial charge in [0.15, 0.2) is 0 Å². The second-order valence-corrected chi connectivity index (χ2v) is 6.56. The molecular formula is C16H24N2OS. The minimum absolute atomic E-state index is 0.211. The Kier molecular flexibility index (Phi) is 4.22. The van der Waals surface area contributed by atoms with Crippen molar-refractivity contribution < 1.29 is 4.74 Å². The van der Waals surface area contributed by atoms with Crippen LogP contribution in [0.4, 0.5) is 0 Å². The Balaban J connectivity index is 1.97. The summed E-state index contributed by atoms with van der Waals surface area (Å²) in [6, 6.07) is 2.06. The van der Waals surface area contributed by atoms with E-state index in [2.05, 4.69) is 23.0 Å². The highest BCUT2D eigenvalue weighted by molar-refractivity contribution is 7.71. The number of hydrogen-bond donors (Lipinski definition) is 1. The smallest absolute Gasteiger partial charge is 0.140 e. The number of nitrogens with one attached hydrogen (secondary N) is 1. The van der Waals surface area contributed by atoms with Gasteiger partial charge in [-0.3, -0.25) is 0 Å². The van der Waals surface area contributed by atoms with Crippen LogP contribution in [0.3, 0.4) is 0 Å². The first kappa shape index (κ1) is 14.2. The van der Waals surface area contributed by atoms with Gasteiger partial charge in [-0.15, -0.1) is 0 Å². The van der Waals surface area contributed by atoms with E-state index in [4.69, 9.17) is 17.0 Å². The monoisotopic (exact) mass is 292 g/mol. The third-order valence-electron chi connectivity index (χ3n) is 4.82. The summed E-state index contributed by atoms with van der Waals surface area (Å²) in [7, 11) is 0. The molecular weight excluding hydrogens is 268 g/mol. The fourth-order valence-electron chi connectivity index (χ4n) is 3.82. The van der Waals surface area contributed by atoms with Crippen molar-refractivity contribution in [1.82, 2.24) is 9.97 Å². The zero-order chi connectivity index (χ0) is 14.0. The normalized spacial score (nSPS) is 22.4. The maximum Gasteiger partial charge on any atom is 0.140 e. The summed E-state index contributed by atoms with van der Waals surface area (Å²) >= 11 is 5.41. The van der Waals surface area contributed by atoms with Crippen LogP contribution in [-0.2, 0) is 10.3 Å². The van der Waals surface area contributed by atoms with Crippen LogP contribution in [0.2, 0.25) is 0 Å². The molecule has 0 radical (unpaired) electrons. The van der Waals surface area contributed by atoms with Crippen molar-refractivity contribution in [1.29, 1.82) is 0 Å². The van der Waals surface area contributed by atoms with Crippen molar-refractivity contribution >= 4 is 12.2 Å². The average Bonchev–Trinajstić information content (AvgIpc) is 3.10. The molecule has 3 nitrogen and oxygen atoms in total. The van der Waals surface area contributed by atoms with Crippen molar-refractivity contribution in [3.8, 4) is 0 Å². The molecule has 2 fully saturated rings. The topological polar surface area (TPSA) is 37.9 Å². The second-order valence-electron chi connectivity index (χ2n) is 6.14. The molecule has 2 aliphatic carbocycles. The number of hydrogen-bond acceptors (Lipinski definition) is 3. The van der Waals surface area contributed by atoms with Gasteiger partial charge >= 0.3 is 0 Å². The molecule has 0 bridgehead atoms. The van der Waals surface area contributed by atoms with Crippen molar-refractivity contribution in [3.63, 3.8) is 0 Å². The lowest BCUT2D eigenvalue weighted by Gasteiger charge is -2.28. The predicted molar refractivity (Wildman–Crippen MR) is 82.4 cm³/mol. The number of aromatic nitrogens is 2. The highest BCUT2D eigenvalue weighted by Gasteiger charge is 2.39. The predicted octanol–water partition coefficient (Wildman–Crippen LogP) is 4.60. The van der Waals surface area contributed by atoms with Gasteiger partial charge in [-0.2, -0.15) is 0 Å². The summed E-state index contributed by atoms with van der Waals surface area (Å²) in [6.07, 6.45) is 9.78. The summed E-state index contributed by atoms with van der Waals surface area (Å²) in [6.45, 7) is 2.80. The molecule has 0 atom stereocenters. The molecule has 1 heterocycles. The molecule has 1 aromatic rings. The number of rotatable bonds is 4. The summed E-state index contributed by atoms with van der Waals surface area (Å²) in [5.41, 5.74) is 1.07. The average molecular weight is 292 g/mol. The largest absolute Gasteiger partial charge is 0.367 e. The molecule has 2 saturated carbocycles. The molecule has 0 amide bonds. The molecule has 0 unspecified atom stereocenters. The fourth-order valence-corrected chi connectivity index (χ4v) is 4.04. The van der Waals surface area contributed by atoms with E-state index in [-0.39, 0.29) is 5.60 Å². The van der Waals surface area contributed by atoms with Gasteiger partial charge in [0.2, 0.25) is 0 Å². The van der Waals surface area contributed by atoms with Gasteiger partial charge in [0.05, 0.1) is 0 Å². The fraction of sp³-hybridized carbons (Fsp3) is 0.750. The lowest BCUT2D eigenvalue weighted by atomic mass is 9.99. The van der Waals surface area contributed by atoms with E-state index in [1.807, 2.05) is 0 Å². The van der Waals surface area contributed by atoms with E-state index < -0.39 is 0 Å². The van der Waals surface area contributed by atoms with E-state index in [0.29, 0.717) is 10.6 Å². The lowest BCUT2D eigenvalue weighted by Crippen LogP contribution is -2.29. The van der Waals surface area contributed by atoms with E-state index in [1.165, 1.54) is 44.2 Å². The summed E-state index contributed by atoms with van der Waals surface area (Å²) in [4.78, 5) is 8.20. The van der Waals surface area contributed by atoms with E-state index in [1.54, 1.807) is 0 Å². The SMILES string of the molecule is CCOC1(c2nc(=S)cc(C3CCCC3)[nH]2)CCCC1. The second kappa shape index (κ2) is 5.94. The Morgan fingerprint density at radius 3 is 2.65 bits per heavy atom. The van der Waals surface area contributed by atoms with E-state index in [9.17, 15) is 0 Å². The Morgan fingerprint density at radius 1 is 1.30 bits per heavy atom. The van der Waals surface area contributed by atoms with E-state index >= 15 is 0 Å². The third-order valence-corrected chi connectivity index (χ3v) is 5.03. The summed E-state index contributed by atoms with van der Waals surface area (Å²) in [5.74, 6) is 1.62. The van der Waals surface area contributed by atoms with Crippen LogP contribution >= 0.6 is 12.2 Å². The first-order chi connectivity index (χ1) is 9.73. The standard InChI is InChI=1S/C16H24N2OS/c1-2-19-16(9-5-6-10-16)15-17-13(11-14(20)18-15)12-7-3-4-8-12/h11-12H,2-10H2,1H3,(H,17,18,20). The van der Waals surface area contributed by atoms with Crippen LogP contribution in [0.1, 0.15) is 75.7 Å².